The van der Waals surface area contributed by atoms with E-state index >= 15 is 0 Å². The van der Waals surface area contributed by atoms with Crippen LogP contribution in [0.5, 0.6) is 11.5 Å². The second kappa shape index (κ2) is 5.21. The van der Waals surface area contributed by atoms with Gasteiger partial charge in [-0.3, -0.25) is 0 Å². The summed E-state index contributed by atoms with van der Waals surface area (Å²) in [5.74, 6) is 1.61. The molecule has 1 aliphatic heterocycles. The molecule has 0 aromatic heterocycles. The van der Waals surface area contributed by atoms with E-state index in [4.69, 9.17) is 9.47 Å². The number of rotatable bonds is 3. The van der Waals surface area contributed by atoms with Crippen molar-refractivity contribution in [2.75, 3.05) is 20.8 Å². The third kappa shape index (κ3) is 2.30. The summed E-state index contributed by atoms with van der Waals surface area (Å²) >= 11 is 0. The van der Waals surface area contributed by atoms with Crippen LogP contribution in [-0.4, -0.2) is 20.8 Å². The van der Waals surface area contributed by atoms with Gasteiger partial charge in [0.05, 0.1) is 14.2 Å². The first kappa shape index (κ1) is 11.3. The summed E-state index contributed by atoms with van der Waals surface area (Å²) in [6.07, 6.45) is 3.78. The highest BCUT2D eigenvalue weighted by Gasteiger charge is 2.16. The first-order chi connectivity index (χ1) is 7.85. The Kier molecular flexibility index (Phi) is 3.67. The highest BCUT2D eigenvalue weighted by atomic mass is 16.5. The fraction of sp³-hybridized carbons (Fsp3) is 0.538. The van der Waals surface area contributed by atoms with Crippen molar-refractivity contribution in [3.63, 3.8) is 0 Å². The Morgan fingerprint density at radius 1 is 1.12 bits per heavy atom. The van der Waals surface area contributed by atoms with Crippen LogP contribution in [0.1, 0.15) is 30.9 Å². The number of benzene rings is 1. The largest absolute Gasteiger partial charge is 0.493 e. The molecular formula is C13H19NO2. The van der Waals surface area contributed by atoms with Crippen LogP contribution < -0.4 is 14.8 Å². The highest BCUT2D eigenvalue weighted by Crippen LogP contribution is 2.32. The summed E-state index contributed by atoms with van der Waals surface area (Å²) < 4.78 is 10.5. The lowest BCUT2D eigenvalue weighted by molar-refractivity contribution is 0.352. The molecule has 88 valence electrons. The Morgan fingerprint density at radius 3 is 2.56 bits per heavy atom. The molecule has 0 spiro atoms. The predicted molar refractivity (Wildman–Crippen MR) is 64.1 cm³/mol. The molecule has 1 fully saturated rings. The van der Waals surface area contributed by atoms with Crippen LogP contribution in [0.3, 0.4) is 0 Å². The highest BCUT2D eigenvalue weighted by molar-refractivity contribution is 5.43. The van der Waals surface area contributed by atoms with Gasteiger partial charge in [-0.1, -0.05) is 12.5 Å². The maximum atomic E-state index is 5.31. The smallest absolute Gasteiger partial charge is 0.161 e. The minimum Gasteiger partial charge on any atom is -0.493 e. The van der Waals surface area contributed by atoms with Crippen molar-refractivity contribution in [3.05, 3.63) is 23.8 Å². The summed E-state index contributed by atoms with van der Waals surface area (Å²) in [5, 5.41) is 3.53. The maximum absolute atomic E-state index is 5.31. The van der Waals surface area contributed by atoms with E-state index in [1.165, 1.54) is 24.8 Å². The van der Waals surface area contributed by atoms with Crippen molar-refractivity contribution in [3.8, 4) is 11.5 Å². The molecule has 0 amide bonds. The van der Waals surface area contributed by atoms with Crippen molar-refractivity contribution in [1.82, 2.24) is 5.32 Å². The van der Waals surface area contributed by atoms with Crippen LogP contribution >= 0.6 is 0 Å². The zero-order valence-electron chi connectivity index (χ0n) is 9.95. The van der Waals surface area contributed by atoms with Gasteiger partial charge in [0.1, 0.15) is 0 Å². The van der Waals surface area contributed by atoms with Crippen LogP contribution in [0, 0.1) is 0 Å². The lowest BCUT2D eigenvalue weighted by Gasteiger charge is -2.24. The van der Waals surface area contributed by atoms with E-state index in [0.717, 1.165) is 18.0 Å². The van der Waals surface area contributed by atoms with Gasteiger partial charge in [0.2, 0.25) is 0 Å². The van der Waals surface area contributed by atoms with Crippen molar-refractivity contribution < 1.29 is 9.47 Å². The summed E-state index contributed by atoms with van der Waals surface area (Å²) in [6, 6.07) is 6.63. The molecule has 1 aromatic carbocycles. The summed E-state index contributed by atoms with van der Waals surface area (Å²) in [6.45, 7) is 1.11. The molecule has 0 bridgehead atoms. The number of hydrogen-bond acceptors (Lipinski definition) is 3. The Hall–Kier alpha value is -1.22. The minimum absolute atomic E-state index is 0.466. The van der Waals surface area contributed by atoms with Crippen molar-refractivity contribution in [1.29, 1.82) is 0 Å². The maximum Gasteiger partial charge on any atom is 0.161 e. The molecule has 1 atom stereocenters. The van der Waals surface area contributed by atoms with E-state index in [2.05, 4.69) is 17.4 Å². The average molecular weight is 221 g/mol. The number of ether oxygens (including phenoxy) is 2. The van der Waals surface area contributed by atoms with E-state index < -0.39 is 0 Å². The SMILES string of the molecule is COc1ccc(C2CCCCN2)cc1OC. The third-order valence-corrected chi connectivity index (χ3v) is 3.12. The van der Waals surface area contributed by atoms with Crippen molar-refractivity contribution >= 4 is 0 Å². The zero-order valence-corrected chi connectivity index (χ0v) is 9.95. The molecule has 1 aliphatic rings. The van der Waals surface area contributed by atoms with E-state index in [0.29, 0.717) is 6.04 Å². The van der Waals surface area contributed by atoms with E-state index in [9.17, 15) is 0 Å². The first-order valence-corrected chi connectivity index (χ1v) is 5.80. The Bertz CT molecular complexity index is 346. The standard InChI is InChI=1S/C13H19NO2/c1-15-12-7-6-10(9-13(12)16-2)11-5-3-4-8-14-11/h6-7,9,11,14H,3-5,8H2,1-2H3. The third-order valence-electron chi connectivity index (χ3n) is 3.12. The summed E-state index contributed by atoms with van der Waals surface area (Å²) in [7, 11) is 3.34. The second-order valence-electron chi connectivity index (χ2n) is 4.12. The molecule has 1 heterocycles. The first-order valence-electron chi connectivity index (χ1n) is 5.80. The zero-order chi connectivity index (χ0) is 11.4. The number of hydrogen-bond donors (Lipinski definition) is 1. The van der Waals surface area contributed by atoms with Gasteiger partial charge >= 0.3 is 0 Å². The van der Waals surface area contributed by atoms with Gasteiger partial charge in [-0.2, -0.15) is 0 Å². The monoisotopic (exact) mass is 221 g/mol. The fourth-order valence-electron chi connectivity index (χ4n) is 2.21. The van der Waals surface area contributed by atoms with Gasteiger partial charge in [0.15, 0.2) is 11.5 Å². The molecule has 16 heavy (non-hydrogen) atoms. The predicted octanol–water partition coefficient (Wildman–Crippen LogP) is 2.52. The molecule has 3 nitrogen and oxygen atoms in total. The average Bonchev–Trinajstić information content (AvgIpc) is 2.39. The molecule has 1 unspecified atom stereocenters. The molecule has 0 saturated carbocycles. The molecule has 1 N–H and O–H groups in total. The molecular weight excluding hydrogens is 202 g/mol. The van der Waals surface area contributed by atoms with Crippen LogP contribution in [-0.2, 0) is 0 Å². The fourth-order valence-corrected chi connectivity index (χ4v) is 2.21. The summed E-state index contributed by atoms with van der Waals surface area (Å²) in [5.41, 5.74) is 1.29. The Labute approximate surface area is 96.8 Å². The molecule has 1 aromatic rings. The van der Waals surface area contributed by atoms with E-state index in [-0.39, 0.29) is 0 Å². The molecule has 3 heteroatoms. The quantitative estimate of drug-likeness (QED) is 0.850. The molecule has 0 aliphatic carbocycles. The van der Waals surface area contributed by atoms with Gasteiger partial charge in [0, 0.05) is 6.04 Å². The van der Waals surface area contributed by atoms with Crippen LogP contribution in [0.2, 0.25) is 0 Å². The van der Waals surface area contributed by atoms with Gasteiger partial charge in [0.25, 0.3) is 0 Å². The van der Waals surface area contributed by atoms with Gasteiger partial charge in [-0.15, -0.1) is 0 Å². The van der Waals surface area contributed by atoms with Gasteiger partial charge in [-0.05, 0) is 37.1 Å². The van der Waals surface area contributed by atoms with E-state index in [1.807, 2.05) is 6.07 Å². The van der Waals surface area contributed by atoms with Gasteiger partial charge in [-0.25, -0.2) is 0 Å². The molecule has 2 rings (SSSR count). The lowest BCUT2D eigenvalue weighted by Crippen LogP contribution is -2.26. The second-order valence-corrected chi connectivity index (χ2v) is 4.12. The van der Waals surface area contributed by atoms with Crippen LogP contribution in [0.15, 0.2) is 18.2 Å². The number of piperidine rings is 1. The number of methoxy groups -OCH3 is 2. The van der Waals surface area contributed by atoms with Crippen molar-refractivity contribution in [2.24, 2.45) is 0 Å². The van der Waals surface area contributed by atoms with E-state index in [1.54, 1.807) is 14.2 Å². The van der Waals surface area contributed by atoms with Gasteiger partial charge < -0.3 is 14.8 Å². The normalized spacial score (nSPS) is 20.5. The van der Waals surface area contributed by atoms with Crippen LogP contribution in [0.4, 0.5) is 0 Å². The lowest BCUT2D eigenvalue weighted by atomic mass is 9.97. The topological polar surface area (TPSA) is 30.5 Å². The molecule has 0 radical (unpaired) electrons. The van der Waals surface area contributed by atoms with Crippen LogP contribution in [0.25, 0.3) is 0 Å². The Balaban J connectivity index is 2.20. The van der Waals surface area contributed by atoms with Crippen molar-refractivity contribution in [2.45, 2.75) is 25.3 Å². The number of nitrogens with one attached hydrogen (secondary N) is 1. The Morgan fingerprint density at radius 2 is 1.94 bits per heavy atom. The summed E-state index contributed by atoms with van der Waals surface area (Å²) in [4.78, 5) is 0. The molecule has 1 saturated heterocycles. The minimum atomic E-state index is 0.466.